The van der Waals surface area contributed by atoms with Gasteiger partial charge >= 0.3 is 5.97 Å². The molecule has 0 amide bonds. The molecule has 2 aromatic rings. The predicted octanol–water partition coefficient (Wildman–Crippen LogP) is 8.97. The van der Waals surface area contributed by atoms with Crippen molar-refractivity contribution in [2.24, 2.45) is 10.8 Å². The van der Waals surface area contributed by atoms with Crippen LogP contribution in [0.15, 0.2) is 24.3 Å². The van der Waals surface area contributed by atoms with Gasteiger partial charge in [0.1, 0.15) is 12.4 Å². The molecule has 6 heteroatoms. The Bertz CT molecular complexity index is 1070. The Balaban J connectivity index is 3.01. The molecule has 0 aliphatic carbocycles. The molecule has 0 aliphatic rings. The predicted molar refractivity (Wildman–Crippen MR) is 152 cm³/mol. The number of esters is 1. The van der Waals surface area contributed by atoms with Gasteiger partial charge in [-0.05, 0) is 73.9 Å². The fraction of sp³-hybridized carbons (Fsp3) is 0.613. The Hall–Kier alpha value is -2.05. The molecule has 0 N–H and O–H groups in total. The van der Waals surface area contributed by atoms with E-state index in [1.807, 2.05) is 32.9 Å². The summed E-state index contributed by atoms with van der Waals surface area (Å²) >= 11 is 0. The standard InChI is InChI=1S/C31H47FNO3Si/c1-13-31(9,10)29(34)35-18-23-24(21-14-16-22(32)17-15-21)25(28(30(6,7)8)36-37(11)12)27(20(4)5)33-26(23)19(2)3/h14-17,19-20,28H,13,18H2,1-12H3. The highest BCUT2D eigenvalue weighted by Gasteiger charge is 2.36. The van der Waals surface area contributed by atoms with Gasteiger partial charge in [0.15, 0.2) is 0 Å². The van der Waals surface area contributed by atoms with Crippen molar-refractivity contribution in [2.45, 2.75) is 113 Å². The van der Waals surface area contributed by atoms with Crippen LogP contribution in [0.1, 0.15) is 116 Å². The van der Waals surface area contributed by atoms with E-state index in [-0.39, 0.29) is 41.7 Å². The van der Waals surface area contributed by atoms with Gasteiger partial charge < -0.3 is 9.16 Å². The largest absolute Gasteiger partial charge is 0.460 e. The van der Waals surface area contributed by atoms with Crippen molar-refractivity contribution in [3.63, 3.8) is 0 Å². The van der Waals surface area contributed by atoms with E-state index in [1.165, 1.54) is 12.1 Å². The van der Waals surface area contributed by atoms with Crippen LogP contribution in [0.2, 0.25) is 13.1 Å². The summed E-state index contributed by atoms with van der Waals surface area (Å²) in [5.74, 6) is -0.285. The maximum absolute atomic E-state index is 14.1. The number of hydrogen-bond acceptors (Lipinski definition) is 4. The van der Waals surface area contributed by atoms with Gasteiger partial charge in [0.05, 0.1) is 17.2 Å². The first-order valence-electron chi connectivity index (χ1n) is 13.5. The Labute approximate surface area is 226 Å². The summed E-state index contributed by atoms with van der Waals surface area (Å²) in [6, 6.07) is 6.60. The first-order valence-corrected chi connectivity index (χ1v) is 15.9. The Morgan fingerprint density at radius 1 is 0.973 bits per heavy atom. The lowest BCUT2D eigenvalue weighted by Gasteiger charge is -2.37. The topological polar surface area (TPSA) is 48.4 Å². The van der Waals surface area contributed by atoms with E-state index >= 15 is 0 Å². The normalized spacial score (nSPS) is 13.5. The third-order valence-corrected chi connectivity index (χ3v) is 7.52. The summed E-state index contributed by atoms with van der Waals surface area (Å²) in [4.78, 5) is 18.3. The van der Waals surface area contributed by atoms with Crippen molar-refractivity contribution in [1.82, 2.24) is 4.98 Å². The molecular formula is C31H47FNO3Si. The molecule has 4 nitrogen and oxygen atoms in total. The average molecular weight is 529 g/mol. The second kappa shape index (κ2) is 12.2. The number of rotatable bonds is 10. The fourth-order valence-electron chi connectivity index (χ4n) is 4.33. The number of halogens is 1. The zero-order valence-electron chi connectivity index (χ0n) is 25.0. The number of benzene rings is 1. The zero-order valence-corrected chi connectivity index (χ0v) is 26.0. The molecule has 2 rings (SSSR count). The quantitative estimate of drug-likeness (QED) is 0.228. The molecular weight excluding hydrogens is 481 g/mol. The van der Waals surface area contributed by atoms with E-state index in [0.29, 0.717) is 6.42 Å². The van der Waals surface area contributed by atoms with Crippen LogP contribution in [0.3, 0.4) is 0 Å². The van der Waals surface area contributed by atoms with Crippen LogP contribution in [0, 0.1) is 16.6 Å². The number of ether oxygens (including phenoxy) is 1. The molecule has 37 heavy (non-hydrogen) atoms. The van der Waals surface area contributed by atoms with Gasteiger partial charge in [-0.3, -0.25) is 9.78 Å². The summed E-state index contributed by atoms with van der Waals surface area (Å²) < 4.78 is 26.7. The minimum absolute atomic E-state index is 0.101. The Kier molecular flexibility index (Phi) is 10.3. The minimum Gasteiger partial charge on any atom is -0.460 e. The van der Waals surface area contributed by atoms with Gasteiger partial charge in [-0.2, -0.15) is 0 Å². The van der Waals surface area contributed by atoms with E-state index in [9.17, 15) is 9.18 Å². The molecule has 0 saturated carbocycles. The number of carbonyl (C=O) groups is 1. The van der Waals surface area contributed by atoms with Gasteiger partial charge in [0.25, 0.3) is 0 Å². The van der Waals surface area contributed by atoms with Crippen molar-refractivity contribution in [3.8, 4) is 11.1 Å². The molecule has 0 fully saturated rings. The van der Waals surface area contributed by atoms with Crippen molar-refractivity contribution in [2.75, 3.05) is 0 Å². The highest BCUT2D eigenvalue weighted by atomic mass is 28.3. The van der Waals surface area contributed by atoms with Crippen molar-refractivity contribution < 1.29 is 18.3 Å². The van der Waals surface area contributed by atoms with Gasteiger partial charge in [-0.1, -0.05) is 67.5 Å². The zero-order chi connectivity index (χ0) is 28.3. The fourth-order valence-corrected chi connectivity index (χ4v) is 5.28. The number of aromatic nitrogens is 1. The van der Waals surface area contributed by atoms with Crippen LogP contribution < -0.4 is 0 Å². The summed E-state index contributed by atoms with van der Waals surface area (Å²) in [5.41, 5.74) is 4.80. The van der Waals surface area contributed by atoms with Crippen LogP contribution in [0.5, 0.6) is 0 Å². The maximum atomic E-state index is 14.1. The van der Waals surface area contributed by atoms with Gasteiger partial charge in [-0.25, -0.2) is 4.39 Å². The van der Waals surface area contributed by atoms with Crippen LogP contribution in [-0.4, -0.2) is 20.0 Å². The average Bonchev–Trinajstić information content (AvgIpc) is 2.79. The van der Waals surface area contributed by atoms with E-state index in [2.05, 4.69) is 61.6 Å². The number of hydrogen-bond donors (Lipinski definition) is 0. The van der Waals surface area contributed by atoms with E-state index in [4.69, 9.17) is 14.1 Å². The lowest BCUT2D eigenvalue weighted by molar-refractivity contribution is -0.155. The van der Waals surface area contributed by atoms with Gasteiger partial charge in [0, 0.05) is 16.8 Å². The number of nitrogens with zero attached hydrogens (tertiary/aromatic N) is 1. The van der Waals surface area contributed by atoms with Crippen molar-refractivity contribution >= 4 is 15.0 Å². The highest BCUT2D eigenvalue weighted by molar-refractivity contribution is 6.48. The molecule has 0 aliphatic heterocycles. The second-order valence-electron chi connectivity index (χ2n) is 12.6. The monoisotopic (exact) mass is 528 g/mol. The molecule has 1 radical (unpaired) electrons. The van der Waals surface area contributed by atoms with Crippen LogP contribution >= 0.6 is 0 Å². The summed E-state index contributed by atoms with van der Waals surface area (Å²) in [6.45, 7) is 25.2. The number of carbonyl (C=O) groups excluding carboxylic acids is 1. The lowest BCUT2D eigenvalue weighted by Crippen LogP contribution is -2.29. The van der Waals surface area contributed by atoms with Gasteiger partial charge in [0.2, 0.25) is 9.04 Å². The first kappa shape index (κ1) is 31.2. The minimum atomic E-state index is -1.07. The van der Waals surface area contributed by atoms with Crippen molar-refractivity contribution in [3.05, 3.63) is 52.6 Å². The highest BCUT2D eigenvalue weighted by Crippen LogP contribution is 2.47. The molecule has 1 aromatic carbocycles. The summed E-state index contributed by atoms with van der Waals surface area (Å²) in [6.07, 6.45) is 0.449. The first-order chi connectivity index (χ1) is 17.0. The third kappa shape index (κ3) is 7.50. The molecule has 1 heterocycles. The maximum Gasteiger partial charge on any atom is 0.311 e. The van der Waals surface area contributed by atoms with Crippen LogP contribution in [0.25, 0.3) is 11.1 Å². The van der Waals surface area contributed by atoms with Crippen LogP contribution in [-0.2, 0) is 20.6 Å². The molecule has 0 bridgehead atoms. The Morgan fingerprint density at radius 3 is 1.95 bits per heavy atom. The Morgan fingerprint density at radius 2 is 1.51 bits per heavy atom. The smallest absolute Gasteiger partial charge is 0.311 e. The lowest BCUT2D eigenvalue weighted by atomic mass is 9.77. The number of pyridine rings is 1. The molecule has 205 valence electrons. The van der Waals surface area contributed by atoms with Crippen LogP contribution in [0.4, 0.5) is 4.39 Å². The van der Waals surface area contributed by atoms with E-state index < -0.39 is 14.5 Å². The SMILES string of the molecule is CCC(C)(C)C(=O)OCc1c(C(C)C)nc(C(C)C)c(C(O[Si](C)C)C(C)(C)C)c1-c1ccc(F)cc1. The van der Waals surface area contributed by atoms with Gasteiger partial charge in [-0.15, -0.1) is 0 Å². The summed E-state index contributed by atoms with van der Waals surface area (Å²) in [7, 11) is -1.07. The molecule has 1 atom stereocenters. The molecule has 1 aromatic heterocycles. The van der Waals surface area contributed by atoms with E-state index in [0.717, 1.165) is 33.6 Å². The summed E-state index contributed by atoms with van der Waals surface area (Å²) in [5, 5.41) is 0. The molecule has 1 unspecified atom stereocenters. The molecule has 0 saturated heterocycles. The second-order valence-corrected chi connectivity index (χ2v) is 14.6. The third-order valence-electron chi connectivity index (χ3n) is 6.81. The van der Waals surface area contributed by atoms with E-state index in [1.54, 1.807) is 0 Å². The molecule has 0 spiro atoms. The van der Waals surface area contributed by atoms with Crippen molar-refractivity contribution in [1.29, 1.82) is 0 Å².